The molecule has 2 fully saturated rings. The summed E-state index contributed by atoms with van der Waals surface area (Å²) in [7, 11) is 0. The Hall–Kier alpha value is -2.39. The molecule has 3 heterocycles. The zero-order valence-corrected chi connectivity index (χ0v) is 18.5. The molecule has 158 valence electrons. The van der Waals surface area contributed by atoms with E-state index in [9.17, 15) is 14.4 Å². The van der Waals surface area contributed by atoms with E-state index in [0.29, 0.717) is 45.6 Å². The van der Waals surface area contributed by atoms with Crippen molar-refractivity contribution in [2.45, 2.75) is 20.3 Å². The highest BCUT2D eigenvalue weighted by Crippen LogP contribution is 2.35. The molecule has 0 bridgehead atoms. The van der Waals surface area contributed by atoms with Crippen LogP contribution in [0.15, 0.2) is 23.1 Å². The first kappa shape index (κ1) is 20.9. The molecule has 3 aliphatic rings. The zero-order valence-electron chi connectivity index (χ0n) is 16.8. The lowest BCUT2D eigenvalue weighted by Gasteiger charge is -2.37. The van der Waals surface area contributed by atoms with Crippen molar-refractivity contribution in [3.8, 4) is 5.75 Å². The number of carbonyl (C=O) groups is 3. The van der Waals surface area contributed by atoms with Crippen LogP contribution in [0.2, 0.25) is 0 Å². The number of amides is 3. The number of anilines is 1. The molecule has 1 N–H and O–H groups in total. The third-order valence-corrected chi connectivity index (χ3v) is 6.54. The summed E-state index contributed by atoms with van der Waals surface area (Å²) in [6.45, 7) is 5.61. The number of rotatable bonds is 3. The molecule has 30 heavy (non-hydrogen) atoms. The fraction of sp³-hybridized carbons (Fsp3) is 0.429. The Morgan fingerprint density at radius 3 is 2.70 bits per heavy atom. The summed E-state index contributed by atoms with van der Waals surface area (Å²) < 4.78 is 5.96. The van der Waals surface area contributed by atoms with E-state index in [4.69, 9.17) is 17.0 Å². The quantitative estimate of drug-likeness (QED) is 0.569. The molecule has 2 unspecified atom stereocenters. The molecule has 0 radical (unpaired) electrons. The molecule has 7 nitrogen and oxygen atoms in total. The standard InChI is InChI=1S/C21H23N3O4S2/c1-12-5-13(2)9-23(8-12)18(25)10-24-15-6-14(3-4-16(15)28-11-19(24)26)7-17-20(27)22-21(29)30-17/h3-4,6-7,12-13H,5,8-11H2,1-2H3,(H,22,27,29). The number of thioether (sulfide) groups is 1. The van der Waals surface area contributed by atoms with Gasteiger partial charge >= 0.3 is 0 Å². The molecule has 0 spiro atoms. The molecule has 0 saturated carbocycles. The number of ether oxygens (including phenoxy) is 1. The molecule has 2 atom stereocenters. The number of nitrogens with zero attached hydrogens (tertiary/aromatic N) is 2. The predicted molar refractivity (Wildman–Crippen MR) is 120 cm³/mol. The van der Waals surface area contributed by atoms with Crippen LogP contribution in [0, 0.1) is 11.8 Å². The Balaban J connectivity index is 1.57. The maximum Gasteiger partial charge on any atom is 0.265 e. The molecule has 9 heteroatoms. The Morgan fingerprint density at radius 2 is 2.03 bits per heavy atom. The lowest BCUT2D eigenvalue weighted by molar-refractivity contribution is -0.134. The van der Waals surface area contributed by atoms with Gasteiger partial charge in [-0.1, -0.05) is 43.9 Å². The summed E-state index contributed by atoms with van der Waals surface area (Å²) in [5, 5.41) is 2.58. The Labute approximate surface area is 184 Å². The predicted octanol–water partition coefficient (Wildman–Crippen LogP) is 2.41. The Bertz CT molecular complexity index is 952. The van der Waals surface area contributed by atoms with Gasteiger partial charge in [0.25, 0.3) is 11.8 Å². The first-order valence-electron chi connectivity index (χ1n) is 9.90. The number of hydrogen-bond acceptors (Lipinski definition) is 6. The van der Waals surface area contributed by atoms with Crippen LogP contribution in [0.4, 0.5) is 5.69 Å². The van der Waals surface area contributed by atoms with Crippen LogP contribution in [0.1, 0.15) is 25.8 Å². The number of benzene rings is 1. The maximum absolute atomic E-state index is 13.0. The molecule has 0 aromatic heterocycles. The van der Waals surface area contributed by atoms with Crippen LogP contribution in [0.5, 0.6) is 5.75 Å². The van der Waals surface area contributed by atoms with Gasteiger partial charge in [0, 0.05) is 13.1 Å². The Kier molecular flexibility index (Phi) is 5.84. The molecule has 1 aromatic carbocycles. The smallest absolute Gasteiger partial charge is 0.265 e. The molecule has 2 saturated heterocycles. The van der Waals surface area contributed by atoms with E-state index in [2.05, 4.69) is 19.2 Å². The average Bonchev–Trinajstić information content (AvgIpc) is 3.00. The van der Waals surface area contributed by atoms with Gasteiger partial charge in [0.2, 0.25) is 5.91 Å². The second-order valence-corrected chi connectivity index (χ2v) is 9.81. The van der Waals surface area contributed by atoms with Crippen molar-refractivity contribution in [3.05, 3.63) is 28.7 Å². The summed E-state index contributed by atoms with van der Waals surface area (Å²) in [6, 6.07) is 5.33. The molecular formula is C21H23N3O4S2. The first-order valence-corrected chi connectivity index (χ1v) is 11.1. The van der Waals surface area contributed by atoms with Crippen LogP contribution >= 0.6 is 24.0 Å². The normalized spacial score (nSPS) is 25.3. The fourth-order valence-corrected chi connectivity index (χ4v) is 5.20. The number of thiocarbonyl (C=S) groups is 1. The van der Waals surface area contributed by atoms with Gasteiger partial charge in [-0.2, -0.15) is 0 Å². The van der Waals surface area contributed by atoms with Crippen molar-refractivity contribution in [1.82, 2.24) is 10.2 Å². The van der Waals surface area contributed by atoms with Crippen molar-refractivity contribution in [1.29, 1.82) is 0 Å². The summed E-state index contributed by atoms with van der Waals surface area (Å²) in [6.07, 6.45) is 2.82. The van der Waals surface area contributed by atoms with Gasteiger partial charge in [-0.15, -0.1) is 0 Å². The second-order valence-electron chi connectivity index (χ2n) is 8.09. The zero-order chi connectivity index (χ0) is 21.4. The third kappa shape index (κ3) is 4.37. The van der Waals surface area contributed by atoms with Gasteiger partial charge in [-0.05, 0) is 42.0 Å². The van der Waals surface area contributed by atoms with E-state index in [0.717, 1.165) is 12.0 Å². The van der Waals surface area contributed by atoms with E-state index in [1.807, 2.05) is 11.0 Å². The lowest BCUT2D eigenvalue weighted by Crippen LogP contribution is -2.50. The lowest BCUT2D eigenvalue weighted by atomic mass is 9.92. The fourth-order valence-electron chi connectivity index (χ4n) is 4.16. The van der Waals surface area contributed by atoms with Crippen molar-refractivity contribution in [3.63, 3.8) is 0 Å². The third-order valence-electron chi connectivity index (χ3n) is 5.38. The van der Waals surface area contributed by atoms with Crippen LogP contribution < -0.4 is 15.0 Å². The second kappa shape index (κ2) is 8.39. The SMILES string of the molecule is CC1CC(C)CN(C(=O)CN2C(=O)COc3ccc(C=C4SC(=S)NC4=O)cc32)C1. The minimum Gasteiger partial charge on any atom is -0.482 e. The first-order chi connectivity index (χ1) is 14.3. The van der Waals surface area contributed by atoms with Crippen LogP contribution in [0.25, 0.3) is 6.08 Å². The van der Waals surface area contributed by atoms with Crippen molar-refractivity contribution >= 4 is 57.8 Å². The van der Waals surface area contributed by atoms with Gasteiger partial charge < -0.3 is 15.0 Å². The topological polar surface area (TPSA) is 79.0 Å². The summed E-state index contributed by atoms with van der Waals surface area (Å²) in [5.74, 6) is 0.885. The van der Waals surface area contributed by atoms with Gasteiger partial charge in [-0.25, -0.2) is 0 Å². The van der Waals surface area contributed by atoms with Crippen molar-refractivity contribution in [2.24, 2.45) is 11.8 Å². The van der Waals surface area contributed by atoms with Gasteiger partial charge in [0.15, 0.2) is 6.61 Å². The van der Waals surface area contributed by atoms with E-state index >= 15 is 0 Å². The monoisotopic (exact) mass is 445 g/mol. The van der Waals surface area contributed by atoms with Crippen LogP contribution in [-0.2, 0) is 14.4 Å². The number of fused-ring (bicyclic) bond motifs is 1. The van der Waals surface area contributed by atoms with Gasteiger partial charge in [0.05, 0.1) is 10.6 Å². The van der Waals surface area contributed by atoms with E-state index < -0.39 is 0 Å². The van der Waals surface area contributed by atoms with Gasteiger partial charge in [0.1, 0.15) is 16.6 Å². The minimum absolute atomic E-state index is 0.0199. The van der Waals surface area contributed by atoms with E-state index in [-0.39, 0.29) is 30.9 Å². The van der Waals surface area contributed by atoms with Crippen molar-refractivity contribution < 1.29 is 19.1 Å². The largest absolute Gasteiger partial charge is 0.482 e. The van der Waals surface area contributed by atoms with Crippen molar-refractivity contribution in [2.75, 3.05) is 31.1 Å². The molecule has 4 rings (SSSR count). The highest BCUT2D eigenvalue weighted by Gasteiger charge is 2.32. The summed E-state index contributed by atoms with van der Waals surface area (Å²) >= 11 is 6.22. The van der Waals surface area contributed by atoms with E-state index in [1.165, 1.54) is 16.7 Å². The molecule has 3 aliphatic heterocycles. The molecule has 1 aromatic rings. The Morgan fingerprint density at radius 1 is 1.30 bits per heavy atom. The van der Waals surface area contributed by atoms with E-state index in [1.54, 1.807) is 18.2 Å². The summed E-state index contributed by atoms with van der Waals surface area (Å²) in [5.41, 5.74) is 1.27. The summed E-state index contributed by atoms with van der Waals surface area (Å²) in [4.78, 5) is 41.3. The number of likely N-dealkylation sites (tertiary alicyclic amines) is 1. The van der Waals surface area contributed by atoms with Gasteiger partial charge in [-0.3, -0.25) is 19.3 Å². The highest BCUT2D eigenvalue weighted by molar-refractivity contribution is 8.26. The van der Waals surface area contributed by atoms with Crippen LogP contribution in [0.3, 0.4) is 0 Å². The number of nitrogens with one attached hydrogen (secondary N) is 1. The molecule has 3 amide bonds. The number of hydrogen-bond donors (Lipinski definition) is 1. The maximum atomic E-state index is 13.0. The van der Waals surface area contributed by atoms with Crippen LogP contribution in [-0.4, -0.2) is 53.2 Å². The average molecular weight is 446 g/mol. The molecule has 0 aliphatic carbocycles. The highest BCUT2D eigenvalue weighted by atomic mass is 32.2. The molecular weight excluding hydrogens is 422 g/mol. The number of piperidine rings is 1. The number of carbonyl (C=O) groups excluding carboxylic acids is 3. The minimum atomic E-state index is -0.257.